The minimum atomic E-state index is -3.30. The molecule has 2 amide bonds. The van der Waals surface area contributed by atoms with Gasteiger partial charge >= 0.3 is 12.9 Å². The molecule has 0 bridgehead atoms. The molecule has 0 saturated carbocycles. The third-order valence-corrected chi connectivity index (χ3v) is 9.67. The molecule has 6 atom stereocenters. The number of carbonyl (C=O) groups excluding carboxylic acids is 2. The van der Waals surface area contributed by atoms with Crippen molar-refractivity contribution in [1.82, 2.24) is 20.6 Å². The van der Waals surface area contributed by atoms with E-state index in [4.69, 9.17) is 9.56 Å². The minimum absolute atomic E-state index is 0.152. The quantitative estimate of drug-likeness (QED) is 0.0947. The fourth-order valence-electron chi connectivity index (χ4n) is 4.67. The largest absolute Gasteiger partial charge is 0.386 e. The summed E-state index contributed by atoms with van der Waals surface area (Å²) in [5, 5.41) is 24.1. The van der Waals surface area contributed by atoms with E-state index in [9.17, 15) is 54.6 Å². The van der Waals surface area contributed by atoms with Gasteiger partial charge < -0.3 is 20.8 Å². The first-order valence-corrected chi connectivity index (χ1v) is 19.5. The summed E-state index contributed by atoms with van der Waals surface area (Å²) in [5.41, 5.74) is 3.18. The van der Waals surface area contributed by atoms with Crippen LogP contribution in [0.4, 0.5) is 26.3 Å². The van der Waals surface area contributed by atoms with Crippen LogP contribution in [-0.2, 0) is 29.0 Å². The first-order chi connectivity index (χ1) is 25.3. The maximum Gasteiger partial charge on any atom is 0.315 e. The molecule has 0 aliphatic heterocycles. The highest BCUT2D eigenvalue weighted by Gasteiger charge is 2.27. The van der Waals surface area contributed by atoms with Gasteiger partial charge in [-0.2, -0.15) is 17.6 Å². The zero-order valence-electron chi connectivity index (χ0n) is 28.5. The summed E-state index contributed by atoms with van der Waals surface area (Å²) in [6.07, 6.45) is -4.17. The first-order valence-electron chi connectivity index (χ1n) is 15.5. The fourth-order valence-corrected chi connectivity index (χ4v) is 5.83. The molecule has 6 N–H and O–H groups in total. The molecule has 2 aromatic heterocycles. The van der Waals surface area contributed by atoms with Gasteiger partial charge in [-0.3, -0.25) is 9.59 Å². The maximum atomic E-state index is 13.0. The molecule has 0 aliphatic carbocycles. The summed E-state index contributed by atoms with van der Waals surface area (Å²) in [7, 11) is -5.83. The van der Waals surface area contributed by atoms with Gasteiger partial charge in [-0.15, -0.1) is 0 Å². The summed E-state index contributed by atoms with van der Waals surface area (Å²) in [6, 6.07) is 15.5. The predicted molar refractivity (Wildman–Crippen MR) is 187 cm³/mol. The minimum Gasteiger partial charge on any atom is -0.386 e. The molecule has 2 heterocycles. The third kappa shape index (κ3) is 12.1. The second-order valence-corrected chi connectivity index (χ2v) is 15.9. The van der Waals surface area contributed by atoms with Gasteiger partial charge in [0.1, 0.15) is 35.6 Å². The van der Waals surface area contributed by atoms with Crippen LogP contribution in [0.1, 0.15) is 23.3 Å². The standard InChI is InChI=1S/2C17H18F3N3O3S/c2*1-27(21,26)14-7-6-12(9-22-14)10-2-4-11(5-3-10)15(24)13(8-18)23-17(25)16(19)20/h2*2-7,9,13,15-16,21,24H,8H2,1H3,(H,23,25)/t13-,15-,27+;13-,15-,27-/m11/s1. The third-order valence-electron chi connectivity index (χ3n) is 7.59. The molecule has 0 saturated heterocycles. The number of aliphatic hydroxyl groups excluding tert-OH is 2. The summed E-state index contributed by atoms with van der Waals surface area (Å²) in [4.78, 5) is 30.0. The number of carbonyl (C=O) groups is 2. The molecule has 4 rings (SSSR count). The number of pyridine rings is 2. The van der Waals surface area contributed by atoms with E-state index in [1.54, 1.807) is 47.0 Å². The van der Waals surface area contributed by atoms with Gasteiger partial charge in [-0.05, 0) is 34.4 Å². The Labute approximate surface area is 307 Å². The summed E-state index contributed by atoms with van der Waals surface area (Å²) in [5.74, 6) is -3.30. The number of amides is 2. The smallest absolute Gasteiger partial charge is 0.315 e. The molecule has 292 valence electrons. The average molecular weight is 803 g/mol. The molecule has 2 aromatic carbocycles. The van der Waals surface area contributed by atoms with Crippen LogP contribution in [0.5, 0.6) is 0 Å². The van der Waals surface area contributed by atoms with Crippen molar-refractivity contribution < 1.29 is 54.6 Å². The second kappa shape index (κ2) is 18.9. The molecule has 0 aliphatic rings. The number of nitrogens with zero attached hydrogens (tertiary/aromatic N) is 2. The SMILES string of the molecule is C[S@@](=N)(=O)c1ccc(-c2ccc([C@@H](O)[C@@H](CF)NC(=O)C(F)F)cc2)cn1.C[S@](=N)(=O)c1ccc(-c2ccc([C@@H](O)[C@@H](CF)NC(=O)C(F)F)cc2)cn1. The summed E-state index contributed by atoms with van der Waals surface area (Å²) in [6.45, 7) is -2.42. The van der Waals surface area contributed by atoms with Gasteiger partial charge in [-0.1, -0.05) is 60.7 Å². The Kier molecular flexibility index (Phi) is 15.2. The number of aliphatic hydroxyl groups is 2. The van der Waals surface area contributed by atoms with Gasteiger partial charge in [0.2, 0.25) is 0 Å². The van der Waals surface area contributed by atoms with E-state index in [0.717, 1.165) is 0 Å². The van der Waals surface area contributed by atoms with Crippen molar-refractivity contribution in [3.05, 3.63) is 96.3 Å². The molecule has 0 fully saturated rings. The highest BCUT2D eigenvalue weighted by atomic mass is 32.2. The number of aromatic nitrogens is 2. The number of nitrogens with one attached hydrogen (secondary N) is 4. The molecule has 0 radical (unpaired) electrons. The van der Waals surface area contributed by atoms with E-state index < -0.39 is 81.8 Å². The van der Waals surface area contributed by atoms with Gasteiger partial charge in [0, 0.05) is 36.0 Å². The molecular formula is C34H36F6N6O6S2. The highest BCUT2D eigenvalue weighted by Crippen LogP contribution is 2.26. The van der Waals surface area contributed by atoms with Crippen LogP contribution in [-0.4, -0.2) is 91.2 Å². The monoisotopic (exact) mass is 802 g/mol. The number of hydrogen-bond donors (Lipinski definition) is 6. The lowest BCUT2D eigenvalue weighted by Gasteiger charge is -2.22. The van der Waals surface area contributed by atoms with Crippen LogP contribution >= 0.6 is 0 Å². The van der Waals surface area contributed by atoms with Crippen molar-refractivity contribution in [2.75, 3.05) is 25.9 Å². The van der Waals surface area contributed by atoms with Crippen LogP contribution in [0.25, 0.3) is 22.3 Å². The molecule has 12 nitrogen and oxygen atoms in total. The van der Waals surface area contributed by atoms with Crippen LogP contribution in [0.2, 0.25) is 0 Å². The molecule has 0 unspecified atom stereocenters. The zero-order chi connectivity index (χ0) is 40.4. The summed E-state index contributed by atoms with van der Waals surface area (Å²) < 4.78 is 113. The topological polar surface area (TPSA) is 206 Å². The van der Waals surface area contributed by atoms with E-state index >= 15 is 0 Å². The second-order valence-electron chi connectivity index (χ2n) is 11.7. The number of alkyl halides is 6. The Morgan fingerprint density at radius 3 is 1.13 bits per heavy atom. The Morgan fingerprint density at radius 1 is 0.611 bits per heavy atom. The lowest BCUT2D eigenvalue weighted by Crippen LogP contribution is -2.43. The van der Waals surface area contributed by atoms with Crippen LogP contribution in [0.15, 0.2) is 95.2 Å². The Bertz CT molecular complexity index is 1930. The Balaban J connectivity index is 0.000000290. The normalized spacial score (nSPS) is 15.8. The Hall–Kier alpha value is -4.92. The van der Waals surface area contributed by atoms with Crippen molar-refractivity contribution in [3.8, 4) is 22.3 Å². The average Bonchev–Trinajstić information content (AvgIpc) is 3.15. The number of benzene rings is 2. The van der Waals surface area contributed by atoms with E-state index in [1.165, 1.54) is 61.3 Å². The number of halogens is 6. The number of hydrogen-bond acceptors (Lipinski definition) is 10. The molecule has 0 spiro atoms. The van der Waals surface area contributed by atoms with Crippen LogP contribution < -0.4 is 10.6 Å². The summed E-state index contributed by atoms with van der Waals surface area (Å²) >= 11 is 0. The van der Waals surface area contributed by atoms with Crippen molar-refractivity contribution in [2.24, 2.45) is 0 Å². The number of rotatable bonds is 14. The van der Waals surface area contributed by atoms with Crippen molar-refractivity contribution in [1.29, 1.82) is 9.56 Å². The van der Waals surface area contributed by atoms with E-state index in [0.29, 0.717) is 22.3 Å². The Morgan fingerprint density at radius 2 is 0.907 bits per heavy atom. The van der Waals surface area contributed by atoms with Crippen LogP contribution in [0.3, 0.4) is 0 Å². The highest BCUT2D eigenvalue weighted by molar-refractivity contribution is 7.91. The van der Waals surface area contributed by atoms with E-state index in [-0.39, 0.29) is 21.2 Å². The zero-order valence-corrected chi connectivity index (χ0v) is 30.1. The maximum absolute atomic E-state index is 13.0. The van der Waals surface area contributed by atoms with Gasteiger partial charge in [0.05, 0.1) is 31.5 Å². The molecule has 20 heteroatoms. The predicted octanol–water partition coefficient (Wildman–Crippen LogP) is 5.07. The van der Waals surface area contributed by atoms with Gasteiger partial charge in [0.25, 0.3) is 11.8 Å². The van der Waals surface area contributed by atoms with Crippen molar-refractivity contribution in [2.45, 2.75) is 47.2 Å². The molecule has 4 aromatic rings. The van der Waals surface area contributed by atoms with Crippen molar-refractivity contribution >= 4 is 31.3 Å². The van der Waals surface area contributed by atoms with E-state index in [2.05, 4.69) is 9.97 Å². The lowest BCUT2D eigenvalue weighted by atomic mass is 9.99. The fraction of sp³-hybridized carbons (Fsp3) is 0.294. The van der Waals surface area contributed by atoms with Crippen LogP contribution in [0, 0.1) is 9.56 Å². The van der Waals surface area contributed by atoms with Gasteiger partial charge in [0.15, 0.2) is 0 Å². The van der Waals surface area contributed by atoms with Crippen molar-refractivity contribution in [3.63, 3.8) is 0 Å². The first kappa shape index (κ1) is 43.5. The molecule has 54 heavy (non-hydrogen) atoms. The van der Waals surface area contributed by atoms with Gasteiger partial charge in [-0.25, -0.2) is 36.7 Å². The van der Waals surface area contributed by atoms with E-state index in [1.807, 2.05) is 0 Å². The lowest BCUT2D eigenvalue weighted by molar-refractivity contribution is -0.134. The molecular weight excluding hydrogens is 767 g/mol.